The molecule has 0 bridgehead atoms. The van der Waals surface area contributed by atoms with E-state index in [0.29, 0.717) is 6.54 Å². The van der Waals surface area contributed by atoms with E-state index in [0.717, 1.165) is 0 Å². The van der Waals surface area contributed by atoms with E-state index in [1.54, 1.807) is 0 Å². The predicted molar refractivity (Wildman–Crippen MR) is 72.4 cm³/mol. The lowest BCUT2D eigenvalue weighted by Crippen LogP contribution is -2.14. The third-order valence-corrected chi connectivity index (χ3v) is 4.09. The molecule has 0 saturated carbocycles. The largest absolute Gasteiger partial charge is 0.381 e. The standard InChI is InChI=1S/C10H12ClN5O2S/c1-2-16-6-9(10(12)14-16)19(17,18)15-8-5-13-4-3-7(8)11/h3-6,15H,2H2,1H3,(H2,12,14). The third kappa shape index (κ3) is 2.79. The Morgan fingerprint density at radius 1 is 1.53 bits per heavy atom. The molecule has 0 radical (unpaired) electrons. The second-order valence-corrected chi connectivity index (χ2v) is 5.75. The fraction of sp³-hybridized carbons (Fsp3) is 0.200. The van der Waals surface area contributed by atoms with Crippen molar-refractivity contribution in [3.05, 3.63) is 29.7 Å². The lowest BCUT2D eigenvalue weighted by atomic mass is 10.4. The smallest absolute Gasteiger partial charge is 0.267 e. The monoisotopic (exact) mass is 301 g/mol. The molecule has 2 aromatic rings. The first-order valence-corrected chi connectivity index (χ1v) is 7.25. The van der Waals surface area contributed by atoms with Gasteiger partial charge in [-0.3, -0.25) is 14.4 Å². The molecule has 7 nitrogen and oxygen atoms in total. The van der Waals surface area contributed by atoms with E-state index in [9.17, 15) is 8.42 Å². The molecular formula is C10H12ClN5O2S. The molecule has 2 rings (SSSR count). The van der Waals surface area contributed by atoms with Crippen molar-refractivity contribution in [3.63, 3.8) is 0 Å². The first-order chi connectivity index (χ1) is 8.94. The summed E-state index contributed by atoms with van der Waals surface area (Å²) in [6, 6.07) is 1.48. The van der Waals surface area contributed by atoms with Crippen molar-refractivity contribution in [2.75, 3.05) is 10.5 Å². The normalized spacial score (nSPS) is 11.5. The van der Waals surface area contributed by atoms with Crippen molar-refractivity contribution in [3.8, 4) is 0 Å². The summed E-state index contributed by atoms with van der Waals surface area (Å²) in [5.74, 6) is -0.0608. The molecule has 0 aromatic carbocycles. The van der Waals surface area contributed by atoms with E-state index >= 15 is 0 Å². The van der Waals surface area contributed by atoms with Gasteiger partial charge in [0, 0.05) is 18.9 Å². The number of nitrogens with one attached hydrogen (secondary N) is 1. The molecular weight excluding hydrogens is 290 g/mol. The van der Waals surface area contributed by atoms with E-state index in [2.05, 4.69) is 14.8 Å². The molecule has 0 aliphatic rings. The average molecular weight is 302 g/mol. The molecule has 9 heteroatoms. The average Bonchev–Trinajstić information content (AvgIpc) is 2.74. The number of nitrogens with two attached hydrogens (primary N) is 1. The zero-order valence-corrected chi connectivity index (χ0v) is 11.6. The van der Waals surface area contributed by atoms with Gasteiger partial charge in [-0.1, -0.05) is 11.6 Å². The van der Waals surface area contributed by atoms with Crippen LogP contribution in [0.25, 0.3) is 0 Å². The second-order valence-electron chi connectivity index (χ2n) is 3.70. The molecule has 0 aliphatic heterocycles. The molecule has 102 valence electrons. The van der Waals surface area contributed by atoms with Gasteiger partial charge in [0.2, 0.25) is 0 Å². The number of aryl methyl sites for hydroxylation is 1. The summed E-state index contributed by atoms with van der Waals surface area (Å²) < 4.78 is 28.1. The summed E-state index contributed by atoms with van der Waals surface area (Å²) in [4.78, 5) is 3.72. The quantitative estimate of drug-likeness (QED) is 0.887. The Balaban J connectivity index is 2.38. The number of nitrogens with zero attached hydrogens (tertiary/aromatic N) is 3. The summed E-state index contributed by atoms with van der Waals surface area (Å²) in [6.45, 7) is 2.35. The summed E-state index contributed by atoms with van der Waals surface area (Å²) in [5, 5.41) is 4.14. The van der Waals surface area contributed by atoms with Gasteiger partial charge >= 0.3 is 0 Å². The van der Waals surface area contributed by atoms with Crippen LogP contribution >= 0.6 is 11.6 Å². The van der Waals surface area contributed by atoms with Crippen LogP contribution in [0.1, 0.15) is 6.92 Å². The number of halogens is 1. The Labute approximate surface area is 115 Å². The molecule has 0 fully saturated rings. The second kappa shape index (κ2) is 5.06. The minimum Gasteiger partial charge on any atom is -0.381 e. The summed E-state index contributed by atoms with van der Waals surface area (Å²) >= 11 is 5.87. The van der Waals surface area contributed by atoms with Crippen LogP contribution in [0.4, 0.5) is 11.5 Å². The fourth-order valence-corrected chi connectivity index (χ4v) is 2.79. The van der Waals surface area contributed by atoms with Crippen molar-refractivity contribution in [1.82, 2.24) is 14.8 Å². The van der Waals surface area contributed by atoms with Gasteiger partial charge in [-0.15, -0.1) is 0 Å². The van der Waals surface area contributed by atoms with Crippen molar-refractivity contribution >= 4 is 33.1 Å². The number of sulfonamides is 1. The lowest BCUT2D eigenvalue weighted by molar-refractivity contribution is 0.600. The number of rotatable bonds is 4. The van der Waals surface area contributed by atoms with Crippen LogP contribution in [0.15, 0.2) is 29.6 Å². The summed E-state index contributed by atoms with van der Waals surface area (Å²) in [7, 11) is -3.84. The Morgan fingerprint density at radius 2 is 2.26 bits per heavy atom. The van der Waals surface area contributed by atoms with Crippen molar-refractivity contribution in [2.24, 2.45) is 0 Å². The molecule has 2 heterocycles. The van der Waals surface area contributed by atoms with Crippen LogP contribution in [-0.4, -0.2) is 23.2 Å². The van der Waals surface area contributed by atoms with Crippen LogP contribution in [0.3, 0.4) is 0 Å². The summed E-state index contributed by atoms with van der Waals surface area (Å²) in [5.41, 5.74) is 5.78. The van der Waals surface area contributed by atoms with E-state index in [1.165, 1.54) is 29.3 Å². The van der Waals surface area contributed by atoms with Gasteiger partial charge in [-0.25, -0.2) is 8.42 Å². The zero-order valence-electron chi connectivity index (χ0n) is 10.0. The highest BCUT2D eigenvalue weighted by Crippen LogP contribution is 2.24. The molecule has 0 amide bonds. The Bertz CT molecular complexity index is 698. The van der Waals surface area contributed by atoms with Gasteiger partial charge in [0.05, 0.1) is 16.9 Å². The molecule has 0 aliphatic carbocycles. The maximum atomic E-state index is 12.2. The van der Waals surface area contributed by atoms with E-state index in [-0.39, 0.29) is 21.4 Å². The molecule has 0 unspecified atom stereocenters. The molecule has 0 saturated heterocycles. The minimum absolute atomic E-state index is 0.0608. The number of hydrogen-bond acceptors (Lipinski definition) is 5. The first-order valence-electron chi connectivity index (χ1n) is 5.39. The number of nitrogen functional groups attached to an aromatic ring is 1. The topological polar surface area (TPSA) is 103 Å². The molecule has 0 atom stereocenters. The fourth-order valence-electron chi connectivity index (χ4n) is 1.44. The SMILES string of the molecule is CCn1cc(S(=O)(=O)Nc2cnccc2Cl)c(N)n1. The molecule has 3 N–H and O–H groups in total. The Hall–Kier alpha value is -1.80. The number of hydrogen-bond donors (Lipinski definition) is 2. The van der Waals surface area contributed by atoms with Crippen molar-refractivity contribution in [2.45, 2.75) is 18.4 Å². The van der Waals surface area contributed by atoms with Crippen LogP contribution in [0.2, 0.25) is 5.02 Å². The first kappa shape index (κ1) is 13.6. The van der Waals surface area contributed by atoms with E-state index < -0.39 is 10.0 Å². The highest BCUT2D eigenvalue weighted by atomic mass is 35.5. The Morgan fingerprint density at radius 3 is 2.84 bits per heavy atom. The predicted octanol–water partition coefficient (Wildman–Crippen LogP) is 1.33. The number of aromatic nitrogens is 3. The van der Waals surface area contributed by atoms with Gasteiger partial charge in [0.25, 0.3) is 10.0 Å². The van der Waals surface area contributed by atoms with E-state index in [4.69, 9.17) is 17.3 Å². The van der Waals surface area contributed by atoms with Crippen LogP contribution in [0.5, 0.6) is 0 Å². The number of anilines is 2. The van der Waals surface area contributed by atoms with Gasteiger partial charge in [0.1, 0.15) is 4.90 Å². The zero-order chi connectivity index (χ0) is 14.0. The molecule has 2 aromatic heterocycles. The molecule has 19 heavy (non-hydrogen) atoms. The van der Waals surface area contributed by atoms with Crippen LogP contribution in [0, 0.1) is 0 Å². The maximum absolute atomic E-state index is 12.2. The summed E-state index contributed by atoms with van der Waals surface area (Å²) in [6.07, 6.45) is 4.14. The number of pyridine rings is 1. The highest BCUT2D eigenvalue weighted by molar-refractivity contribution is 7.92. The van der Waals surface area contributed by atoms with Gasteiger partial charge in [0.15, 0.2) is 5.82 Å². The van der Waals surface area contributed by atoms with Gasteiger partial charge in [-0.2, -0.15) is 5.10 Å². The third-order valence-electron chi connectivity index (χ3n) is 2.38. The van der Waals surface area contributed by atoms with Gasteiger partial charge in [-0.05, 0) is 13.0 Å². The molecule has 0 spiro atoms. The maximum Gasteiger partial charge on any atom is 0.267 e. The van der Waals surface area contributed by atoms with E-state index in [1.807, 2.05) is 6.92 Å². The Kier molecular flexibility index (Phi) is 3.63. The van der Waals surface area contributed by atoms with Crippen LogP contribution in [-0.2, 0) is 16.6 Å². The van der Waals surface area contributed by atoms with Crippen molar-refractivity contribution < 1.29 is 8.42 Å². The lowest BCUT2D eigenvalue weighted by Gasteiger charge is -2.07. The van der Waals surface area contributed by atoms with Crippen molar-refractivity contribution in [1.29, 1.82) is 0 Å². The van der Waals surface area contributed by atoms with Crippen LogP contribution < -0.4 is 10.5 Å². The van der Waals surface area contributed by atoms with Gasteiger partial charge < -0.3 is 5.73 Å². The minimum atomic E-state index is -3.84. The highest BCUT2D eigenvalue weighted by Gasteiger charge is 2.22.